The molecular weight excluding hydrogens is 484 g/mol. The van der Waals surface area contributed by atoms with Crippen LogP contribution in [0.2, 0.25) is 0 Å². The summed E-state index contributed by atoms with van der Waals surface area (Å²) < 4.78 is 18.1. The Morgan fingerprint density at radius 2 is 1.79 bits per heavy atom. The molecule has 2 aromatic carbocycles. The number of carbonyl (C=O) groups is 2. The van der Waals surface area contributed by atoms with Gasteiger partial charge in [0.05, 0.1) is 36.2 Å². The van der Waals surface area contributed by atoms with Gasteiger partial charge in [-0.05, 0) is 55.7 Å². The first-order valence-electron chi connectivity index (χ1n) is 12.7. The summed E-state index contributed by atoms with van der Waals surface area (Å²) in [6.07, 6.45) is 2.81. The number of urea groups is 1. The molecule has 1 aromatic heterocycles. The van der Waals surface area contributed by atoms with Crippen molar-refractivity contribution in [1.29, 1.82) is 0 Å². The molecule has 200 valence electrons. The molecule has 1 atom stereocenters. The molecule has 4 rings (SSSR count). The van der Waals surface area contributed by atoms with Gasteiger partial charge in [0.25, 0.3) is 0 Å². The van der Waals surface area contributed by atoms with Crippen LogP contribution >= 0.6 is 0 Å². The summed E-state index contributed by atoms with van der Waals surface area (Å²) in [6, 6.07) is 16.2. The summed E-state index contributed by atoms with van der Waals surface area (Å²) in [6.45, 7) is 7.02. The van der Waals surface area contributed by atoms with Gasteiger partial charge < -0.3 is 24.8 Å². The molecule has 0 aliphatic carbocycles. The maximum absolute atomic E-state index is 13.1. The third-order valence-corrected chi connectivity index (χ3v) is 6.18. The number of carbonyl (C=O) groups excluding carboxylic acids is 2. The minimum absolute atomic E-state index is 0.0984. The zero-order chi connectivity index (χ0) is 27.1. The van der Waals surface area contributed by atoms with Gasteiger partial charge in [0.15, 0.2) is 0 Å². The lowest BCUT2D eigenvalue weighted by Crippen LogP contribution is -2.45. The fourth-order valence-corrected chi connectivity index (χ4v) is 4.15. The van der Waals surface area contributed by atoms with E-state index in [1.54, 1.807) is 11.6 Å². The standard InChI is InChI=1S/C29H34N4O5/c1-19(2)14-15-37-23-12-10-21(11-13-23)26-24(18-33(32-26)22-8-6-5-7-9-22)27-25(20(3)30-29(35)31-27)28(34)38-17-16-36-4/h5-13,18-19,27H,14-17H2,1-4H3,(H2,30,31,35)/t27-/m0/s1. The highest BCUT2D eigenvalue weighted by atomic mass is 16.6. The molecule has 0 unspecified atom stereocenters. The van der Waals surface area contributed by atoms with Crippen LogP contribution in [0, 0.1) is 5.92 Å². The first-order valence-corrected chi connectivity index (χ1v) is 12.7. The average molecular weight is 519 g/mol. The van der Waals surface area contributed by atoms with E-state index >= 15 is 0 Å². The van der Waals surface area contributed by atoms with Crippen molar-refractivity contribution in [1.82, 2.24) is 20.4 Å². The van der Waals surface area contributed by atoms with Crippen molar-refractivity contribution in [3.63, 3.8) is 0 Å². The van der Waals surface area contributed by atoms with Gasteiger partial charge in [-0.2, -0.15) is 5.10 Å². The average Bonchev–Trinajstić information content (AvgIpc) is 3.34. The van der Waals surface area contributed by atoms with E-state index in [2.05, 4.69) is 24.5 Å². The van der Waals surface area contributed by atoms with E-state index in [0.717, 1.165) is 23.4 Å². The number of methoxy groups -OCH3 is 1. The topological polar surface area (TPSA) is 104 Å². The first kappa shape index (κ1) is 26.9. The van der Waals surface area contributed by atoms with Crippen LogP contribution < -0.4 is 15.4 Å². The van der Waals surface area contributed by atoms with Gasteiger partial charge in [-0.3, -0.25) is 0 Å². The molecule has 2 heterocycles. The Bertz CT molecular complexity index is 1280. The number of esters is 1. The van der Waals surface area contributed by atoms with E-state index < -0.39 is 18.0 Å². The molecule has 1 aliphatic rings. The van der Waals surface area contributed by atoms with E-state index in [1.165, 1.54) is 7.11 Å². The normalized spacial score (nSPS) is 15.3. The highest BCUT2D eigenvalue weighted by Crippen LogP contribution is 2.35. The number of rotatable bonds is 11. The van der Waals surface area contributed by atoms with E-state index in [4.69, 9.17) is 19.3 Å². The van der Waals surface area contributed by atoms with Crippen LogP contribution in [0.3, 0.4) is 0 Å². The quantitative estimate of drug-likeness (QED) is 0.280. The Morgan fingerprint density at radius 1 is 1.05 bits per heavy atom. The molecule has 38 heavy (non-hydrogen) atoms. The van der Waals surface area contributed by atoms with Crippen molar-refractivity contribution in [3.8, 4) is 22.7 Å². The van der Waals surface area contributed by atoms with Crippen molar-refractivity contribution < 1.29 is 23.8 Å². The van der Waals surface area contributed by atoms with E-state index in [9.17, 15) is 9.59 Å². The van der Waals surface area contributed by atoms with Crippen LogP contribution in [-0.4, -0.2) is 48.7 Å². The summed E-state index contributed by atoms with van der Waals surface area (Å²) in [5.74, 6) is 0.794. The predicted molar refractivity (Wildman–Crippen MR) is 144 cm³/mol. The van der Waals surface area contributed by atoms with Crippen LogP contribution in [0.5, 0.6) is 5.75 Å². The van der Waals surface area contributed by atoms with Crippen molar-refractivity contribution in [2.24, 2.45) is 5.92 Å². The molecule has 0 fully saturated rings. The number of benzene rings is 2. The van der Waals surface area contributed by atoms with Crippen LogP contribution in [0.15, 0.2) is 72.1 Å². The van der Waals surface area contributed by atoms with Gasteiger partial charge in [-0.25, -0.2) is 14.3 Å². The molecule has 3 aromatic rings. The molecule has 0 saturated heterocycles. The van der Waals surface area contributed by atoms with Gasteiger partial charge in [0, 0.05) is 30.1 Å². The Labute approximate surface area is 222 Å². The second-order valence-electron chi connectivity index (χ2n) is 9.47. The molecule has 0 radical (unpaired) electrons. The molecule has 2 N–H and O–H groups in total. The van der Waals surface area contributed by atoms with Crippen molar-refractivity contribution in [3.05, 3.63) is 77.6 Å². The molecule has 0 saturated carbocycles. The van der Waals surface area contributed by atoms with Crippen molar-refractivity contribution in [2.75, 3.05) is 26.9 Å². The summed E-state index contributed by atoms with van der Waals surface area (Å²) in [4.78, 5) is 25.7. The van der Waals surface area contributed by atoms with Gasteiger partial charge in [-0.15, -0.1) is 0 Å². The Balaban J connectivity index is 1.74. The van der Waals surface area contributed by atoms with Crippen molar-refractivity contribution in [2.45, 2.75) is 33.2 Å². The summed E-state index contributed by atoms with van der Waals surface area (Å²) in [5.41, 5.74) is 3.69. The van der Waals surface area contributed by atoms with Crippen molar-refractivity contribution >= 4 is 12.0 Å². The molecular formula is C29H34N4O5. The lowest BCUT2D eigenvalue weighted by molar-refractivity contribution is -0.140. The summed E-state index contributed by atoms with van der Waals surface area (Å²) in [7, 11) is 1.54. The molecule has 9 nitrogen and oxygen atoms in total. The first-order chi connectivity index (χ1) is 18.4. The maximum Gasteiger partial charge on any atom is 0.338 e. The zero-order valence-corrected chi connectivity index (χ0v) is 22.2. The zero-order valence-electron chi connectivity index (χ0n) is 22.2. The fraction of sp³-hybridized carbons (Fsp3) is 0.345. The number of para-hydroxylation sites is 1. The lowest BCUT2D eigenvalue weighted by atomic mass is 9.94. The van der Waals surface area contributed by atoms with Crippen LogP contribution in [0.1, 0.15) is 38.8 Å². The third kappa shape index (κ3) is 6.41. The number of nitrogens with zero attached hydrogens (tertiary/aromatic N) is 2. The Kier molecular flexibility index (Phi) is 8.81. The van der Waals surface area contributed by atoms with Gasteiger partial charge in [0.2, 0.25) is 0 Å². The number of aromatic nitrogens is 2. The van der Waals surface area contributed by atoms with Gasteiger partial charge in [-0.1, -0.05) is 32.0 Å². The molecule has 1 aliphatic heterocycles. The second kappa shape index (κ2) is 12.4. The molecule has 2 amide bonds. The number of amides is 2. The number of hydrogen-bond donors (Lipinski definition) is 2. The number of nitrogens with one attached hydrogen (secondary N) is 2. The van der Waals surface area contributed by atoms with Crippen LogP contribution in [-0.2, 0) is 14.3 Å². The summed E-state index contributed by atoms with van der Waals surface area (Å²) >= 11 is 0. The maximum atomic E-state index is 13.1. The predicted octanol–water partition coefficient (Wildman–Crippen LogP) is 4.78. The second-order valence-corrected chi connectivity index (χ2v) is 9.47. The monoisotopic (exact) mass is 518 g/mol. The lowest BCUT2D eigenvalue weighted by Gasteiger charge is -2.28. The highest BCUT2D eigenvalue weighted by molar-refractivity contribution is 5.95. The van der Waals surface area contributed by atoms with Crippen LogP contribution in [0.4, 0.5) is 4.79 Å². The smallest absolute Gasteiger partial charge is 0.338 e. The Hall–Kier alpha value is -4.11. The largest absolute Gasteiger partial charge is 0.494 e. The molecule has 9 heteroatoms. The Morgan fingerprint density at radius 3 is 2.47 bits per heavy atom. The van der Waals surface area contributed by atoms with E-state index in [-0.39, 0.29) is 13.2 Å². The number of allylic oxidation sites excluding steroid dienone is 1. The minimum Gasteiger partial charge on any atom is -0.494 e. The van der Waals surface area contributed by atoms with Crippen LogP contribution in [0.25, 0.3) is 16.9 Å². The minimum atomic E-state index is -0.770. The fourth-order valence-electron chi connectivity index (χ4n) is 4.15. The van der Waals surface area contributed by atoms with E-state index in [0.29, 0.717) is 35.1 Å². The molecule has 0 spiro atoms. The summed E-state index contributed by atoms with van der Waals surface area (Å²) in [5, 5.41) is 10.4. The third-order valence-electron chi connectivity index (χ3n) is 6.18. The SMILES string of the molecule is COCCOC(=O)C1=C(C)NC(=O)N[C@H]1c1cn(-c2ccccc2)nc1-c1ccc(OCCC(C)C)cc1. The molecule has 0 bridgehead atoms. The number of ether oxygens (including phenoxy) is 3. The van der Waals surface area contributed by atoms with Gasteiger partial charge >= 0.3 is 12.0 Å². The highest BCUT2D eigenvalue weighted by Gasteiger charge is 2.35. The van der Waals surface area contributed by atoms with Gasteiger partial charge in [0.1, 0.15) is 12.4 Å². The van der Waals surface area contributed by atoms with E-state index in [1.807, 2.05) is 60.8 Å². The number of hydrogen-bond acceptors (Lipinski definition) is 6.